The maximum Gasteiger partial charge on any atom is 0.237 e. The standard InChI is InChI=1S/C17H17N3O2S/c21-23(22,9-8-13-4-2-1-3-5-13)20-14-6-7-17(20)15-11-18-12-19-16(15)10-14/h1-5,8-9,11-12,14,17H,6-7,10H2/b9-8+. The van der Waals surface area contributed by atoms with Gasteiger partial charge in [0, 0.05) is 29.6 Å². The van der Waals surface area contributed by atoms with Crippen molar-refractivity contribution >= 4 is 16.1 Å². The molecule has 23 heavy (non-hydrogen) atoms. The summed E-state index contributed by atoms with van der Waals surface area (Å²) in [4.78, 5) is 8.39. The lowest BCUT2D eigenvalue weighted by molar-refractivity contribution is 0.304. The number of rotatable bonds is 3. The number of fused-ring (bicyclic) bond motifs is 4. The molecule has 118 valence electrons. The van der Waals surface area contributed by atoms with Crippen molar-refractivity contribution in [2.75, 3.05) is 0 Å². The Bertz CT molecular complexity index is 849. The molecule has 2 aliphatic heterocycles. The van der Waals surface area contributed by atoms with Crippen LogP contribution in [0.5, 0.6) is 0 Å². The summed E-state index contributed by atoms with van der Waals surface area (Å²) in [5.41, 5.74) is 2.83. The molecule has 1 fully saturated rings. The highest BCUT2D eigenvalue weighted by atomic mass is 32.2. The van der Waals surface area contributed by atoms with Crippen molar-refractivity contribution in [3.63, 3.8) is 0 Å². The largest absolute Gasteiger partial charge is 0.244 e. The van der Waals surface area contributed by atoms with Gasteiger partial charge in [0.05, 0.1) is 11.7 Å². The van der Waals surface area contributed by atoms with Crippen LogP contribution in [0.2, 0.25) is 0 Å². The maximum absolute atomic E-state index is 12.8. The third-order valence-corrected chi connectivity index (χ3v) is 6.20. The zero-order chi connectivity index (χ0) is 15.9. The second kappa shape index (κ2) is 5.54. The first-order valence-electron chi connectivity index (χ1n) is 7.70. The van der Waals surface area contributed by atoms with Gasteiger partial charge in [0.1, 0.15) is 6.33 Å². The fourth-order valence-corrected chi connectivity index (χ4v) is 5.20. The Balaban J connectivity index is 1.67. The van der Waals surface area contributed by atoms with Crippen LogP contribution in [0.3, 0.4) is 0 Å². The van der Waals surface area contributed by atoms with E-state index in [0.717, 1.165) is 29.7 Å². The summed E-state index contributed by atoms with van der Waals surface area (Å²) < 4.78 is 27.3. The molecule has 1 aromatic heterocycles. The predicted molar refractivity (Wildman–Crippen MR) is 87.7 cm³/mol. The topological polar surface area (TPSA) is 63.2 Å². The van der Waals surface area contributed by atoms with Crippen molar-refractivity contribution in [3.8, 4) is 0 Å². The molecular formula is C17H17N3O2S. The van der Waals surface area contributed by atoms with Crippen LogP contribution in [-0.4, -0.2) is 28.7 Å². The highest BCUT2D eigenvalue weighted by molar-refractivity contribution is 7.92. The fraction of sp³-hybridized carbons (Fsp3) is 0.294. The number of benzene rings is 1. The van der Waals surface area contributed by atoms with Crippen molar-refractivity contribution in [2.45, 2.75) is 31.3 Å². The van der Waals surface area contributed by atoms with Gasteiger partial charge in [0.15, 0.2) is 0 Å². The second-order valence-electron chi connectivity index (χ2n) is 5.96. The van der Waals surface area contributed by atoms with Gasteiger partial charge in [0.25, 0.3) is 0 Å². The van der Waals surface area contributed by atoms with E-state index in [1.165, 1.54) is 11.7 Å². The molecule has 0 amide bonds. The summed E-state index contributed by atoms with van der Waals surface area (Å²) in [5.74, 6) is 0. The molecule has 0 saturated carbocycles. The normalized spacial score (nSPS) is 24.0. The molecule has 0 spiro atoms. The van der Waals surface area contributed by atoms with Crippen LogP contribution in [0, 0.1) is 0 Å². The van der Waals surface area contributed by atoms with E-state index in [-0.39, 0.29) is 12.1 Å². The Kier molecular flexibility index (Phi) is 3.50. The van der Waals surface area contributed by atoms with Crippen LogP contribution >= 0.6 is 0 Å². The van der Waals surface area contributed by atoms with Crippen LogP contribution in [-0.2, 0) is 16.4 Å². The SMILES string of the molecule is O=S(=O)(/C=C/c1ccccc1)N1C2CCC1c1cncnc1C2. The van der Waals surface area contributed by atoms with Gasteiger partial charge < -0.3 is 0 Å². The monoisotopic (exact) mass is 327 g/mol. The first-order chi connectivity index (χ1) is 11.1. The first-order valence-corrected chi connectivity index (χ1v) is 9.21. The molecule has 1 aromatic carbocycles. The molecule has 2 aliphatic rings. The van der Waals surface area contributed by atoms with E-state index in [1.54, 1.807) is 16.6 Å². The van der Waals surface area contributed by atoms with E-state index < -0.39 is 10.0 Å². The second-order valence-corrected chi connectivity index (χ2v) is 7.69. The van der Waals surface area contributed by atoms with Crippen molar-refractivity contribution in [3.05, 3.63) is 65.1 Å². The Morgan fingerprint density at radius 3 is 2.83 bits per heavy atom. The van der Waals surface area contributed by atoms with Gasteiger partial charge in [-0.2, -0.15) is 4.31 Å². The molecule has 3 heterocycles. The van der Waals surface area contributed by atoms with Gasteiger partial charge in [-0.05, 0) is 24.5 Å². The minimum absolute atomic E-state index is 0.00724. The highest BCUT2D eigenvalue weighted by Crippen LogP contribution is 2.44. The predicted octanol–water partition coefficient (Wildman–Crippen LogP) is 2.54. The van der Waals surface area contributed by atoms with Crippen molar-refractivity contribution in [1.82, 2.24) is 14.3 Å². The van der Waals surface area contributed by atoms with E-state index in [0.29, 0.717) is 6.42 Å². The lowest BCUT2D eigenvalue weighted by atomic mass is 10.0. The molecule has 2 unspecified atom stereocenters. The molecule has 6 heteroatoms. The molecule has 0 N–H and O–H groups in total. The third kappa shape index (κ3) is 2.58. The summed E-state index contributed by atoms with van der Waals surface area (Å²) in [7, 11) is -3.46. The van der Waals surface area contributed by atoms with E-state index in [2.05, 4.69) is 9.97 Å². The lowest BCUT2D eigenvalue weighted by Crippen LogP contribution is -2.41. The summed E-state index contributed by atoms with van der Waals surface area (Å²) in [6.45, 7) is 0. The molecular weight excluding hydrogens is 310 g/mol. The number of hydrogen-bond donors (Lipinski definition) is 0. The minimum Gasteiger partial charge on any atom is -0.244 e. The van der Waals surface area contributed by atoms with E-state index in [1.807, 2.05) is 30.3 Å². The minimum atomic E-state index is -3.46. The first kappa shape index (κ1) is 14.5. The van der Waals surface area contributed by atoms with Gasteiger partial charge in [-0.15, -0.1) is 0 Å². The van der Waals surface area contributed by atoms with Gasteiger partial charge in [-0.1, -0.05) is 30.3 Å². The highest BCUT2D eigenvalue weighted by Gasteiger charge is 2.45. The smallest absolute Gasteiger partial charge is 0.237 e. The van der Waals surface area contributed by atoms with Gasteiger partial charge in [0.2, 0.25) is 10.0 Å². The van der Waals surface area contributed by atoms with Gasteiger partial charge in [-0.3, -0.25) is 0 Å². The number of nitrogens with zero attached hydrogens (tertiary/aromatic N) is 3. The summed E-state index contributed by atoms with van der Waals surface area (Å²) >= 11 is 0. The molecule has 5 nitrogen and oxygen atoms in total. The molecule has 4 rings (SSSR count). The van der Waals surface area contributed by atoms with Crippen LogP contribution in [0.15, 0.2) is 48.3 Å². The van der Waals surface area contributed by atoms with E-state index >= 15 is 0 Å². The van der Waals surface area contributed by atoms with E-state index in [4.69, 9.17) is 0 Å². The third-order valence-electron chi connectivity index (χ3n) is 4.58. The Hall–Kier alpha value is -2.05. The number of sulfonamides is 1. The van der Waals surface area contributed by atoms with Crippen LogP contribution < -0.4 is 0 Å². The average molecular weight is 327 g/mol. The quantitative estimate of drug-likeness (QED) is 0.869. The summed E-state index contributed by atoms with van der Waals surface area (Å²) in [5, 5.41) is 1.32. The Morgan fingerprint density at radius 1 is 1.17 bits per heavy atom. The van der Waals surface area contributed by atoms with Gasteiger partial charge >= 0.3 is 0 Å². The van der Waals surface area contributed by atoms with Gasteiger partial charge in [-0.25, -0.2) is 18.4 Å². The summed E-state index contributed by atoms with van der Waals surface area (Å²) in [6.07, 6.45) is 7.34. The molecule has 2 bridgehead atoms. The fourth-order valence-electron chi connectivity index (χ4n) is 3.57. The number of aromatic nitrogens is 2. The number of hydrogen-bond acceptors (Lipinski definition) is 4. The average Bonchev–Trinajstić information content (AvgIpc) is 2.91. The van der Waals surface area contributed by atoms with Crippen LogP contribution in [0.4, 0.5) is 0 Å². The van der Waals surface area contributed by atoms with Crippen LogP contribution in [0.1, 0.15) is 35.7 Å². The zero-order valence-electron chi connectivity index (χ0n) is 12.5. The maximum atomic E-state index is 12.8. The molecule has 2 aromatic rings. The van der Waals surface area contributed by atoms with Crippen molar-refractivity contribution in [1.29, 1.82) is 0 Å². The molecule has 0 aliphatic carbocycles. The van der Waals surface area contributed by atoms with E-state index in [9.17, 15) is 8.42 Å². The molecule has 0 radical (unpaired) electrons. The Labute approximate surface area is 135 Å². The Morgan fingerprint density at radius 2 is 2.00 bits per heavy atom. The summed E-state index contributed by atoms with van der Waals surface area (Å²) in [6, 6.07) is 9.35. The van der Waals surface area contributed by atoms with Crippen molar-refractivity contribution in [2.24, 2.45) is 0 Å². The molecule has 1 saturated heterocycles. The lowest BCUT2D eigenvalue weighted by Gasteiger charge is -2.33. The van der Waals surface area contributed by atoms with Crippen LogP contribution in [0.25, 0.3) is 6.08 Å². The van der Waals surface area contributed by atoms with Crippen molar-refractivity contribution < 1.29 is 8.42 Å². The molecule has 2 atom stereocenters. The zero-order valence-corrected chi connectivity index (χ0v) is 13.4.